The highest BCUT2D eigenvalue weighted by atomic mass is 19.1. The molecule has 0 fully saturated rings. The van der Waals surface area contributed by atoms with Crippen molar-refractivity contribution in [1.82, 2.24) is 9.78 Å². The van der Waals surface area contributed by atoms with E-state index in [1.165, 1.54) is 19.2 Å². The molecule has 0 aliphatic heterocycles. The van der Waals surface area contributed by atoms with Gasteiger partial charge in [0.2, 0.25) is 0 Å². The van der Waals surface area contributed by atoms with Gasteiger partial charge < -0.3 is 9.47 Å². The minimum Gasteiger partial charge on any atom is -0.494 e. The van der Waals surface area contributed by atoms with E-state index >= 15 is 0 Å². The van der Waals surface area contributed by atoms with Gasteiger partial charge in [0, 0.05) is 0 Å². The van der Waals surface area contributed by atoms with Gasteiger partial charge in [-0.2, -0.15) is 5.10 Å². The van der Waals surface area contributed by atoms with Crippen LogP contribution in [0.5, 0.6) is 5.75 Å². The third-order valence-electron chi connectivity index (χ3n) is 4.08. The van der Waals surface area contributed by atoms with Crippen LogP contribution in [0.1, 0.15) is 27.3 Å². The number of aryl methyl sites for hydroxylation is 1. The maximum absolute atomic E-state index is 13.7. The number of carbonyl (C=O) groups is 1. The largest absolute Gasteiger partial charge is 0.494 e. The molecule has 26 heavy (non-hydrogen) atoms. The summed E-state index contributed by atoms with van der Waals surface area (Å²) in [7, 11) is 1.40. The van der Waals surface area contributed by atoms with Gasteiger partial charge in [-0.1, -0.05) is 24.3 Å². The maximum Gasteiger partial charge on any atom is 0.342 e. The number of rotatable bonds is 5. The van der Waals surface area contributed by atoms with Crippen LogP contribution in [0.25, 0.3) is 5.69 Å². The molecule has 0 saturated carbocycles. The molecule has 0 N–H and O–H groups in total. The predicted octanol–water partition coefficient (Wildman–Crippen LogP) is 3.99. The molecule has 0 radical (unpaired) electrons. The number of halogens is 1. The molecular formula is C20H19FN2O3. The summed E-state index contributed by atoms with van der Waals surface area (Å²) in [4.78, 5) is 12.5. The van der Waals surface area contributed by atoms with Crippen molar-refractivity contribution in [3.63, 3.8) is 0 Å². The Labute approximate surface area is 151 Å². The Morgan fingerprint density at radius 2 is 1.88 bits per heavy atom. The second-order valence-corrected chi connectivity index (χ2v) is 5.84. The molecule has 2 aromatic carbocycles. The number of carbonyl (C=O) groups excluding carboxylic acids is 1. The molecule has 0 spiro atoms. The number of aromatic nitrogens is 2. The SMILES string of the molecule is COc1ccc(COC(=O)c2c(C)nn(-c3ccccc3)c2C)cc1F. The Balaban J connectivity index is 1.78. The van der Waals surface area contributed by atoms with E-state index in [1.54, 1.807) is 17.7 Å². The molecule has 0 bridgehead atoms. The van der Waals surface area contributed by atoms with Crippen LogP contribution in [0.15, 0.2) is 48.5 Å². The summed E-state index contributed by atoms with van der Waals surface area (Å²) < 4.78 is 25.7. The zero-order chi connectivity index (χ0) is 18.7. The molecule has 0 amide bonds. The number of benzene rings is 2. The number of ether oxygens (including phenoxy) is 2. The minimum atomic E-state index is -0.495. The quantitative estimate of drug-likeness (QED) is 0.650. The molecule has 1 aromatic heterocycles. The number of para-hydroxylation sites is 1. The summed E-state index contributed by atoms with van der Waals surface area (Å²) in [6, 6.07) is 14.0. The molecule has 3 rings (SSSR count). The molecular weight excluding hydrogens is 335 g/mol. The molecule has 1 heterocycles. The van der Waals surface area contributed by atoms with E-state index in [1.807, 2.05) is 37.3 Å². The number of methoxy groups -OCH3 is 1. The van der Waals surface area contributed by atoms with Gasteiger partial charge in [-0.15, -0.1) is 0 Å². The van der Waals surface area contributed by atoms with E-state index in [-0.39, 0.29) is 12.4 Å². The highest BCUT2D eigenvalue weighted by molar-refractivity contribution is 5.92. The van der Waals surface area contributed by atoms with Crippen LogP contribution in [0.2, 0.25) is 0 Å². The minimum absolute atomic E-state index is 0.0326. The first-order chi connectivity index (χ1) is 12.5. The predicted molar refractivity (Wildman–Crippen MR) is 95.1 cm³/mol. The summed E-state index contributed by atoms with van der Waals surface area (Å²) >= 11 is 0. The molecule has 0 aliphatic carbocycles. The molecule has 5 nitrogen and oxygen atoms in total. The standard InChI is InChI=1S/C20H19FN2O3/c1-13-19(14(2)23(22-13)16-7-5-4-6-8-16)20(24)26-12-15-9-10-18(25-3)17(21)11-15/h4-11H,12H2,1-3H3. The van der Waals surface area contributed by atoms with E-state index in [9.17, 15) is 9.18 Å². The number of hydrogen-bond donors (Lipinski definition) is 0. The lowest BCUT2D eigenvalue weighted by Gasteiger charge is -2.08. The molecule has 0 aliphatic rings. The fourth-order valence-corrected chi connectivity index (χ4v) is 2.78. The van der Waals surface area contributed by atoms with Crippen molar-refractivity contribution in [1.29, 1.82) is 0 Å². The van der Waals surface area contributed by atoms with E-state index in [2.05, 4.69) is 5.10 Å². The zero-order valence-electron chi connectivity index (χ0n) is 14.8. The molecule has 0 unspecified atom stereocenters. The first-order valence-electron chi connectivity index (χ1n) is 8.12. The Kier molecular flexibility index (Phi) is 5.02. The summed E-state index contributed by atoms with van der Waals surface area (Å²) in [6.07, 6.45) is 0. The van der Waals surface area contributed by atoms with Gasteiger partial charge in [0.1, 0.15) is 12.2 Å². The first kappa shape index (κ1) is 17.7. The van der Waals surface area contributed by atoms with Gasteiger partial charge in [0.15, 0.2) is 11.6 Å². The van der Waals surface area contributed by atoms with E-state index in [4.69, 9.17) is 9.47 Å². The smallest absolute Gasteiger partial charge is 0.342 e. The molecule has 0 saturated heterocycles. The fraction of sp³-hybridized carbons (Fsp3) is 0.200. The van der Waals surface area contributed by atoms with Crippen molar-refractivity contribution in [2.75, 3.05) is 7.11 Å². The lowest BCUT2D eigenvalue weighted by molar-refractivity contribution is 0.0470. The van der Waals surface area contributed by atoms with Crippen LogP contribution >= 0.6 is 0 Å². The lowest BCUT2D eigenvalue weighted by Crippen LogP contribution is -2.08. The molecule has 0 atom stereocenters. The third-order valence-corrected chi connectivity index (χ3v) is 4.08. The average molecular weight is 354 g/mol. The number of nitrogens with zero attached hydrogens (tertiary/aromatic N) is 2. The monoisotopic (exact) mass is 354 g/mol. The van der Waals surface area contributed by atoms with Crippen LogP contribution in [0.4, 0.5) is 4.39 Å². The normalized spacial score (nSPS) is 10.6. The van der Waals surface area contributed by atoms with Crippen molar-refractivity contribution < 1.29 is 18.7 Å². The Morgan fingerprint density at radius 3 is 2.54 bits per heavy atom. The van der Waals surface area contributed by atoms with E-state index in [0.717, 1.165) is 5.69 Å². The second-order valence-electron chi connectivity index (χ2n) is 5.84. The van der Waals surface area contributed by atoms with E-state index in [0.29, 0.717) is 22.5 Å². The van der Waals surface area contributed by atoms with Crippen molar-refractivity contribution in [3.05, 3.63) is 76.9 Å². The van der Waals surface area contributed by atoms with Gasteiger partial charge >= 0.3 is 5.97 Å². The van der Waals surface area contributed by atoms with Crippen LogP contribution in [0.3, 0.4) is 0 Å². The van der Waals surface area contributed by atoms with Crippen LogP contribution < -0.4 is 4.74 Å². The molecule has 3 aromatic rings. The Bertz CT molecular complexity index is 936. The Morgan fingerprint density at radius 1 is 1.15 bits per heavy atom. The topological polar surface area (TPSA) is 53.4 Å². The first-order valence-corrected chi connectivity index (χ1v) is 8.12. The Hall–Kier alpha value is -3.15. The summed E-state index contributed by atoms with van der Waals surface area (Å²) in [5.74, 6) is -0.834. The van der Waals surface area contributed by atoms with Crippen molar-refractivity contribution in [2.24, 2.45) is 0 Å². The van der Waals surface area contributed by atoms with Gasteiger partial charge in [-0.25, -0.2) is 13.9 Å². The van der Waals surface area contributed by atoms with Crippen LogP contribution in [-0.2, 0) is 11.3 Å². The van der Waals surface area contributed by atoms with Gasteiger partial charge in [0.05, 0.1) is 24.2 Å². The summed E-state index contributed by atoms with van der Waals surface area (Å²) in [5.41, 5.74) is 3.10. The maximum atomic E-state index is 13.7. The average Bonchev–Trinajstić information content (AvgIpc) is 2.95. The number of hydrogen-bond acceptors (Lipinski definition) is 4. The summed E-state index contributed by atoms with van der Waals surface area (Å²) in [5, 5.41) is 4.43. The van der Waals surface area contributed by atoms with Crippen LogP contribution in [-0.4, -0.2) is 22.9 Å². The second kappa shape index (κ2) is 7.39. The van der Waals surface area contributed by atoms with Crippen molar-refractivity contribution >= 4 is 5.97 Å². The van der Waals surface area contributed by atoms with E-state index < -0.39 is 11.8 Å². The zero-order valence-corrected chi connectivity index (χ0v) is 14.8. The van der Waals surface area contributed by atoms with Crippen LogP contribution in [0, 0.1) is 19.7 Å². The molecule has 134 valence electrons. The highest BCUT2D eigenvalue weighted by Crippen LogP contribution is 2.21. The fourth-order valence-electron chi connectivity index (χ4n) is 2.78. The highest BCUT2D eigenvalue weighted by Gasteiger charge is 2.21. The van der Waals surface area contributed by atoms with Crippen molar-refractivity contribution in [2.45, 2.75) is 20.5 Å². The van der Waals surface area contributed by atoms with Gasteiger partial charge in [-0.3, -0.25) is 0 Å². The molecule has 6 heteroatoms. The van der Waals surface area contributed by atoms with Gasteiger partial charge in [-0.05, 0) is 43.7 Å². The lowest BCUT2D eigenvalue weighted by atomic mass is 10.2. The number of esters is 1. The third kappa shape index (κ3) is 3.44. The van der Waals surface area contributed by atoms with Gasteiger partial charge in [0.25, 0.3) is 0 Å². The summed E-state index contributed by atoms with van der Waals surface area (Å²) in [6.45, 7) is 3.54. The van der Waals surface area contributed by atoms with Crippen molar-refractivity contribution in [3.8, 4) is 11.4 Å².